The normalized spacial score (nSPS) is 13.7. The predicted molar refractivity (Wildman–Crippen MR) is 98.9 cm³/mol. The van der Waals surface area contributed by atoms with Crippen molar-refractivity contribution in [1.29, 1.82) is 0 Å². The lowest BCUT2D eigenvalue weighted by Crippen LogP contribution is -2.34. The second-order valence-corrected chi connectivity index (χ2v) is 6.80. The van der Waals surface area contributed by atoms with Crippen molar-refractivity contribution in [3.8, 4) is 17.3 Å². The van der Waals surface area contributed by atoms with Crippen LogP contribution in [-0.4, -0.2) is 37.9 Å². The average Bonchev–Trinajstić information content (AvgIpc) is 3.10. The van der Waals surface area contributed by atoms with E-state index in [-0.39, 0.29) is 0 Å². The smallest absolute Gasteiger partial charge is 0.234 e. The van der Waals surface area contributed by atoms with Gasteiger partial charge in [0.1, 0.15) is 0 Å². The highest BCUT2D eigenvalue weighted by Gasteiger charge is 2.23. The minimum Gasteiger partial charge on any atom is -0.476 e. The third-order valence-corrected chi connectivity index (χ3v) is 4.27. The first kappa shape index (κ1) is 16.5. The highest BCUT2D eigenvalue weighted by Crippen LogP contribution is 2.24. The standard InChI is InChI=1S/C19H22N6O/c1-14(2)13-26-18-11-20-10-16(21-18)24-8-9-25-17(12-24)22-23-19(25)15-6-4-3-5-7-15/h3-7,10-11,14H,8-9,12-13H2,1-2H3. The molecule has 3 heterocycles. The van der Waals surface area contributed by atoms with Gasteiger partial charge in [0.2, 0.25) is 5.88 Å². The number of ether oxygens (including phenoxy) is 1. The molecule has 0 bridgehead atoms. The summed E-state index contributed by atoms with van der Waals surface area (Å²) < 4.78 is 7.88. The fraction of sp³-hybridized carbons (Fsp3) is 0.368. The molecule has 0 saturated heterocycles. The zero-order valence-corrected chi connectivity index (χ0v) is 15.0. The van der Waals surface area contributed by atoms with Gasteiger partial charge in [0.25, 0.3) is 0 Å². The van der Waals surface area contributed by atoms with Crippen molar-refractivity contribution in [1.82, 2.24) is 24.7 Å². The van der Waals surface area contributed by atoms with Crippen LogP contribution in [0.25, 0.3) is 11.4 Å². The van der Waals surface area contributed by atoms with Crippen molar-refractivity contribution >= 4 is 5.82 Å². The fourth-order valence-corrected chi connectivity index (χ4v) is 2.97. The van der Waals surface area contributed by atoms with Gasteiger partial charge >= 0.3 is 0 Å². The summed E-state index contributed by atoms with van der Waals surface area (Å²) in [6, 6.07) is 10.2. The monoisotopic (exact) mass is 350 g/mol. The van der Waals surface area contributed by atoms with Crippen molar-refractivity contribution in [3.05, 3.63) is 48.5 Å². The Labute approximate surface area is 152 Å². The molecule has 3 aromatic rings. The molecule has 1 aliphatic heterocycles. The van der Waals surface area contributed by atoms with Crippen LogP contribution in [0, 0.1) is 5.92 Å². The van der Waals surface area contributed by atoms with E-state index >= 15 is 0 Å². The van der Waals surface area contributed by atoms with E-state index in [0.29, 0.717) is 24.9 Å². The lowest BCUT2D eigenvalue weighted by Gasteiger charge is -2.28. The van der Waals surface area contributed by atoms with Crippen LogP contribution in [0.15, 0.2) is 42.7 Å². The number of fused-ring (bicyclic) bond motifs is 1. The van der Waals surface area contributed by atoms with Crippen LogP contribution < -0.4 is 9.64 Å². The fourth-order valence-electron chi connectivity index (χ4n) is 2.97. The molecule has 4 rings (SSSR count). The summed E-state index contributed by atoms with van der Waals surface area (Å²) in [6.45, 7) is 7.14. The zero-order chi connectivity index (χ0) is 17.9. The highest BCUT2D eigenvalue weighted by atomic mass is 16.5. The largest absolute Gasteiger partial charge is 0.476 e. The molecule has 0 radical (unpaired) electrons. The maximum absolute atomic E-state index is 5.70. The van der Waals surface area contributed by atoms with Gasteiger partial charge in [-0.3, -0.25) is 4.98 Å². The van der Waals surface area contributed by atoms with Crippen LogP contribution in [0.2, 0.25) is 0 Å². The van der Waals surface area contributed by atoms with Gasteiger partial charge in [-0.1, -0.05) is 44.2 Å². The number of benzene rings is 1. The third-order valence-electron chi connectivity index (χ3n) is 4.27. The molecule has 7 nitrogen and oxygen atoms in total. The summed E-state index contributed by atoms with van der Waals surface area (Å²) in [6.07, 6.45) is 3.43. The predicted octanol–water partition coefficient (Wildman–Crippen LogP) is 2.79. The molecule has 26 heavy (non-hydrogen) atoms. The summed E-state index contributed by atoms with van der Waals surface area (Å²) in [5.74, 6) is 3.67. The van der Waals surface area contributed by atoms with Gasteiger partial charge in [0.05, 0.1) is 25.5 Å². The Bertz CT molecular complexity index is 877. The van der Waals surface area contributed by atoms with Gasteiger partial charge in [-0.25, -0.2) is 0 Å². The summed E-state index contributed by atoms with van der Waals surface area (Å²) in [4.78, 5) is 11.0. The molecule has 0 amide bonds. The molecule has 0 saturated carbocycles. The maximum Gasteiger partial charge on any atom is 0.234 e. The van der Waals surface area contributed by atoms with Crippen molar-refractivity contribution in [2.45, 2.75) is 26.9 Å². The van der Waals surface area contributed by atoms with E-state index in [1.165, 1.54) is 0 Å². The van der Waals surface area contributed by atoms with E-state index in [1.54, 1.807) is 12.4 Å². The molecular formula is C19H22N6O. The average molecular weight is 350 g/mol. The van der Waals surface area contributed by atoms with Gasteiger partial charge in [-0.15, -0.1) is 10.2 Å². The Morgan fingerprint density at radius 3 is 2.73 bits per heavy atom. The molecule has 134 valence electrons. The van der Waals surface area contributed by atoms with Gasteiger partial charge in [0.15, 0.2) is 17.5 Å². The third kappa shape index (κ3) is 3.37. The Morgan fingerprint density at radius 2 is 1.92 bits per heavy atom. The van der Waals surface area contributed by atoms with Crippen molar-refractivity contribution in [2.24, 2.45) is 5.92 Å². The van der Waals surface area contributed by atoms with Crippen LogP contribution in [0.1, 0.15) is 19.7 Å². The SMILES string of the molecule is CC(C)COc1cncc(N2CCn3c(nnc3-c3ccccc3)C2)n1. The van der Waals surface area contributed by atoms with Gasteiger partial charge in [-0.2, -0.15) is 4.98 Å². The number of aromatic nitrogens is 5. The Morgan fingerprint density at radius 1 is 1.08 bits per heavy atom. The quantitative estimate of drug-likeness (QED) is 0.705. The first-order chi connectivity index (χ1) is 12.7. The highest BCUT2D eigenvalue weighted by molar-refractivity contribution is 5.55. The number of rotatable bonds is 5. The Hall–Kier alpha value is -2.96. The molecule has 1 aromatic carbocycles. The lowest BCUT2D eigenvalue weighted by atomic mass is 10.2. The van der Waals surface area contributed by atoms with Crippen LogP contribution >= 0.6 is 0 Å². The van der Waals surface area contributed by atoms with Crippen LogP contribution in [0.5, 0.6) is 5.88 Å². The van der Waals surface area contributed by atoms with Crippen LogP contribution in [-0.2, 0) is 13.1 Å². The molecule has 7 heteroatoms. The molecule has 0 N–H and O–H groups in total. The molecule has 1 aliphatic rings. The van der Waals surface area contributed by atoms with Gasteiger partial charge < -0.3 is 14.2 Å². The molecule has 0 spiro atoms. The first-order valence-electron chi connectivity index (χ1n) is 8.88. The molecule has 0 aliphatic carbocycles. The van der Waals surface area contributed by atoms with E-state index in [4.69, 9.17) is 4.74 Å². The number of anilines is 1. The van der Waals surface area contributed by atoms with E-state index in [1.807, 2.05) is 18.2 Å². The second kappa shape index (κ2) is 7.11. The van der Waals surface area contributed by atoms with E-state index in [9.17, 15) is 0 Å². The summed E-state index contributed by atoms with van der Waals surface area (Å²) in [5, 5.41) is 8.77. The molecule has 0 atom stereocenters. The van der Waals surface area contributed by atoms with Gasteiger partial charge in [-0.05, 0) is 5.92 Å². The molecule has 0 unspecified atom stereocenters. The van der Waals surface area contributed by atoms with E-state index in [2.05, 4.69) is 55.6 Å². The second-order valence-electron chi connectivity index (χ2n) is 6.80. The minimum absolute atomic E-state index is 0.449. The number of hydrogen-bond acceptors (Lipinski definition) is 6. The zero-order valence-electron chi connectivity index (χ0n) is 15.0. The maximum atomic E-state index is 5.70. The van der Waals surface area contributed by atoms with Gasteiger partial charge in [0, 0.05) is 18.7 Å². The van der Waals surface area contributed by atoms with E-state index in [0.717, 1.165) is 36.1 Å². The minimum atomic E-state index is 0.449. The number of nitrogens with zero attached hydrogens (tertiary/aromatic N) is 6. The Kier molecular flexibility index (Phi) is 4.51. The number of hydrogen-bond donors (Lipinski definition) is 0. The topological polar surface area (TPSA) is 69.0 Å². The summed E-state index contributed by atoms with van der Waals surface area (Å²) in [7, 11) is 0. The summed E-state index contributed by atoms with van der Waals surface area (Å²) >= 11 is 0. The van der Waals surface area contributed by atoms with Crippen LogP contribution in [0.4, 0.5) is 5.82 Å². The Balaban J connectivity index is 1.53. The lowest BCUT2D eigenvalue weighted by molar-refractivity contribution is 0.260. The van der Waals surface area contributed by atoms with Crippen molar-refractivity contribution in [3.63, 3.8) is 0 Å². The molecular weight excluding hydrogens is 328 g/mol. The molecule has 0 fully saturated rings. The van der Waals surface area contributed by atoms with E-state index < -0.39 is 0 Å². The van der Waals surface area contributed by atoms with Crippen molar-refractivity contribution in [2.75, 3.05) is 18.1 Å². The summed E-state index contributed by atoms with van der Waals surface area (Å²) in [5.41, 5.74) is 1.09. The van der Waals surface area contributed by atoms with Crippen LogP contribution in [0.3, 0.4) is 0 Å². The first-order valence-corrected chi connectivity index (χ1v) is 8.88. The van der Waals surface area contributed by atoms with Crippen molar-refractivity contribution < 1.29 is 4.74 Å². The molecule has 2 aromatic heterocycles.